The summed E-state index contributed by atoms with van der Waals surface area (Å²) in [6.45, 7) is 20.4. The molecule has 10 atom stereocenters. The number of fused-ring (bicyclic) bond motifs is 1. The van der Waals surface area contributed by atoms with Crippen molar-refractivity contribution in [2.45, 2.75) is 130 Å². The maximum Gasteiger partial charge on any atom is 0.338 e. The van der Waals surface area contributed by atoms with Crippen LogP contribution in [0.15, 0.2) is 54.6 Å². The van der Waals surface area contributed by atoms with Gasteiger partial charge in [-0.05, 0) is 30.5 Å². The van der Waals surface area contributed by atoms with Gasteiger partial charge in [0.1, 0.15) is 23.4 Å². The molecule has 1 unspecified atom stereocenters. The Morgan fingerprint density at radius 1 is 0.764 bits per heavy atom. The SMILES string of the molecule is C=C1[C@H](OCC(C)C)C2[C@@H](OC(C)=O)[C@](C)(OC(C)=O)C[C@]2(O)[C@@H](OC(C)=O)[C@@H](C)/C=C\C(C)(C)[C@H](OC(C)=O)[C@H](OC(C)=O)[C@H]1OC(=O)c1ccccc1. The molecular formula is C41H56O14. The van der Waals surface area contributed by atoms with Crippen molar-refractivity contribution in [2.24, 2.45) is 23.2 Å². The Labute approximate surface area is 322 Å². The largest absolute Gasteiger partial charge is 0.459 e. The quantitative estimate of drug-likeness (QED) is 0.193. The van der Waals surface area contributed by atoms with E-state index in [2.05, 4.69) is 6.58 Å². The number of carbonyl (C=O) groups is 6. The third-order valence-corrected chi connectivity index (χ3v) is 9.74. The summed E-state index contributed by atoms with van der Waals surface area (Å²) in [5, 5.41) is 13.2. The van der Waals surface area contributed by atoms with Crippen LogP contribution in [-0.2, 0) is 57.1 Å². The second-order valence-corrected chi connectivity index (χ2v) is 15.7. The lowest BCUT2D eigenvalue weighted by molar-refractivity contribution is -0.198. The van der Waals surface area contributed by atoms with Crippen LogP contribution >= 0.6 is 0 Å². The van der Waals surface area contributed by atoms with Gasteiger partial charge in [0.25, 0.3) is 0 Å². The summed E-state index contributed by atoms with van der Waals surface area (Å²) in [6.07, 6.45) is -6.10. The monoisotopic (exact) mass is 772 g/mol. The molecule has 0 bridgehead atoms. The van der Waals surface area contributed by atoms with Crippen LogP contribution in [0.5, 0.6) is 0 Å². The van der Waals surface area contributed by atoms with Crippen molar-refractivity contribution < 1.29 is 67.0 Å². The van der Waals surface area contributed by atoms with Crippen molar-refractivity contribution in [1.82, 2.24) is 0 Å². The molecule has 1 aromatic rings. The second kappa shape index (κ2) is 17.9. The van der Waals surface area contributed by atoms with Crippen LogP contribution in [-0.4, -0.2) is 95.4 Å². The number of esters is 6. The van der Waals surface area contributed by atoms with Gasteiger partial charge < -0.3 is 38.3 Å². The molecule has 2 aliphatic rings. The van der Waals surface area contributed by atoms with Crippen molar-refractivity contribution in [3.63, 3.8) is 0 Å². The lowest BCUT2D eigenvalue weighted by atomic mass is 9.71. The normalized spacial score (nSPS) is 32.4. The molecule has 0 spiro atoms. The molecule has 0 heterocycles. The predicted molar refractivity (Wildman–Crippen MR) is 197 cm³/mol. The smallest absolute Gasteiger partial charge is 0.338 e. The lowest BCUT2D eigenvalue weighted by Gasteiger charge is -2.46. The van der Waals surface area contributed by atoms with Crippen molar-refractivity contribution in [1.29, 1.82) is 0 Å². The molecule has 14 heteroatoms. The Morgan fingerprint density at radius 2 is 1.29 bits per heavy atom. The summed E-state index contributed by atoms with van der Waals surface area (Å²) in [4.78, 5) is 78.1. The molecule has 304 valence electrons. The standard InChI is InChI=1S/C41H56O14/c1-22(2)20-49-32-24(4)33(54-38(47)30-16-14-13-15-17-30)34(50-25(5)42)37(53-28(8)45)39(10,11)19-18-23(3)35(51-26(6)43)41(48)21-40(12,55-29(9)46)36(31(32)41)52-27(7)44/h13-19,22-23,31-37,48H,4,20-21H2,1-3,5-12H3/b19-18-/t23-,31?,32-,33-,34+,35-,36+,37+,40+,41+/m0/s1. The van der Waals surface area contributed by atoms with E-state index in [0.717, 1.165) is 20.8 Å². The van der Waals surface area contributed by atoms with Gasteiger partial charge >= 0.3 is 35.8 Å². The Bertz CT molecular complexity index is 1630. The van der Waals surface area contributed by atoms with Crippen LogP contribution in [0.2, 0.25) is 0 Å². The van der Waals surface area contributed by atoms with Gasteiger partial charge in [-0.3, -0.25) is 24.0 Å². The summed E-state index contributed by atoms with van der Waals surface area (Å²) in [6, 6.07) is 7.95. The van der Waals surface area contributed by atoms with Crippen LogP contribution in [0.1, 0.15) is 92.9 Å². The van der Waals surface area contributed by atoms with Gasteiger partial charge in [0, 0.05) is 59.0 Å². The molecule has 1 aromatic carbocycles. The highest BCUT2D eigenvalue weighted by atomic mass is 16.6. The highest BCUT2D eigenvalue weighted by molar-refractivity contribution is 5.89. The Balaban J connectivity index is 2.57. The minimum Gasteiger partial charge on any atom is -0.459 e. The number of hydrogen-bond acceptors (Lipinski definition) is 14. The van der Waals surface area contributed by atoms with E-state index in [1.165, 1.54) is 32.9 Å². The molecular weight excluding hydrogens is 716 g/mol. The number of hydrogen-bond donors (Lipinski definition) is 1. The molecule has 2 aliphatic carbocycles. The first-order valence-corrected chi connectivity index (χ1v) is 18.3. The lowest BCUT2D eigenvalue weighted by Crippen LogP contribution is -2.59. The zero-order valence-corrected chi connectivity index (χ0v) is 33.6. The van der Waals surface area contributed by atoms with Crippen molar-refractivity contribution in [3.8, 4) is 0 Å². The fourth-order valence-electron chi connectivity index (χ4n) is 7.68. The zero-order chi connectivity index (χ0) is 41.6. The summed E-state index contributed by atoms with van der Waals surface area (Å²) >= 11 is 0. The van der Waals surface area contributed by atoms with Crippen LogP contribution < -0.4 is 0 Å². The summed E-state index contributed by atoms with van der Waals surface area (Å²) in [5.74, 6) is -7.17. The molecule has 0 aromatic heterocycles. The van der Waals surface area contributed by atoms with Gasteiger partial charge in [0.05, 0.1) is 17.6 Å². The van der Waals surface area contributed by atoms with Crippen molar-refractivity contribution in [2.75, 3.05) is 6.61 Å². The fourth-order valence-corrected chi connectivity index (χ4v) is 7.68. The van der Waals surface area contributed by atoms with Gasteiger partial charge in [-0.25, -0.2) is 4.79 Å². The predicted octanol–water partition coefficient (Wildman–Crippen LogP) is 4.84. The minimum atomic E-state index is -2.21. The average molecular weight is 773 g/mol. The zero-order valence-electron chi connectivity index (χ0n) is 33.6. The highest BCUT2D eigenvalue weighted by Crippen LogP contribution is 2.54. The molecule has 1 fully saturated rings. The molecule has 0 amide bonds. The molecule has 1 N–H and O–H groups in total. The van der Waals surface area contributed by atoms with Crippen LogP contribution in [0.25, 0.3) is 0 Å². The van der Waals surface area contributed by atoms with E-state index < -0.39 is 107 Å². The van der Waals surface area contributed by atoms with E-state index in [1.807, 2.05) is 13.8 Å². The molecule has 0 saturated heterocycles. The van der Waals surface area contributed by atoms with E-state index in [-0.39, 0.29) is 23.7 Å². The molecule has 3 rings (SSSR count). The van der Waals surface area contributed by atoms with Gasteiger partial charge in [-0.2, -0.15) is 0 Å². The molecule has 55 heavy (non-hydrogen) atoms. The summed E-state index contributed by atoms with van der Waals surface area (Å²) in [7, 11) is 0. The molecule has 0 aliphatic heterocycles. The Morgan fingerprint density at radius 3 is 1.80 bits per heavy atom. The molecule has 0 radical (unpaired) electrons. The average Bonchev–Trinajstić information content (AvgIpc) is 3.27. The van der Waals surface area contributed by atoms with Crippen molar-refractivity contribution in [3.05, 3.63) is 60.2 Å². The third-order valence-electron chi connectivity index (χ3n) is 9.74. The molecule has 1 saturated carbocycles. The Kier molecular flexibility index (Phi) is 14.6. The van der Waals surface area contributed by atoms with Crippen molar-refractivity contribution >= 4 is 35.8 Å². The van der Waals surface area contributed by atoms with E-state index in [1.54, 1.807) is 51.1 Å². The van der Waals surface area contributed by atoms with Crippen LogP contribution in [0.3, 0.4) is 0 Å². The first kappa shape index (κ1) is 44.8. The fraction of sp³-hybridized carbons (Fsp3) is 0.610. The van der Waals surface area contributed by atoms with Crippen LogP contribution in [0, 0.1) is 23.2 Å². The maximum absolute atomic E-state index is 14.0. The number of benzene rings is 1. The highest BCUT2D eigenvalue weighted by Gasteiger charge is 2.69. The summed E-state index contributed by atoms with van der Waals surface area (Å²) in [5.41, 5.74) is -5.16. The topological polar surface area (TPSA) is 187 Å². The number of rotatable bonds is 10. The first-order chi connectivity index (χ1) is 25.4. The van der Waals surface area contributed by atoms with Gasteiger partial charge in [0.15, 0.2) is 18.3 Å². The molecule has 14 nitrogen and oxygen atoms in total. The Hall–Kier alpha value is -4.56. The van der Waals surface area contributed by atoms with Gasteiger partial charge in [0.2, 0.25) is 0 Å². The number of carbonyl (C=O) groups excluding carboxylic acids is 6. The summed E-state index contributed by atoms with van der Waals surface area (Å²) < 4.78 is 42.3. The van der Waals surface area contributed by atoms with Crippen LogP contribution in [0.4, 0.5) is 0 Å². The van der Waals surface area contributed by atoms with Gasteiger partial charge in [-0.1, -0.05) is 71.5 Å². The van der Waals surface area contributed by atoms with Gasteiger partial charge in [-0.15, -0.1) is 0 Å². The number of aliphatic hydroxyl groups is 1. The number of ether oxygens (including phenoxy) is 7. The maximum atomic E-state index is 14.0. The third kappa shape index (κ3) is 10.8. The second-order valence-electron chi connectivity index (χ2n) is 15.7. The minimum absolute atomic E-state index is 0.00250. The van der Waals surface area contributed by atoms with E-state index >= 15 is 0 Å². The van der Waals surface area contributed by atoms with E-state index in [9.17, 15) is 33.9 Å². The first-order valence-electron chi connectivity index (χ1n) is 18.3. The van der Waals surface area contributed by atoms with E-state index in [4.69, 9.17) is 33.2 Å². The van der Waals surface area contributed by atoms with E-state index in [0.29, 0.717) is 0 Å².